The molecule has 0 aromatic heterocycles. The molecule has 0 saturated heterocycles. The van der Waals surface area contributed by atoms with Gasteiger partial charge >= 0.3 is 5.97 Å². The number of hydrogen-bond donors (Lipinski definition) is 2. The molecular formula is C19H19ClN2O4S. The number of halogens is 1. The third kappa shape index (κ3) is 7.32. The first-order valence-electron chi connectivity index (χ1n) is 8.11. The van der Waals surface area contributed by atoms with E-state index in [1.165, 1.54) is 7.11 Å². The van der Waals surface area contributed by atoms with Crippen LogP contribution in [-0.4, -0.2) is 37.2 Å². The molecule has 0 fully saturated rings. The van der Waals surface area contributed by atoms with Gasteiger partial charge in [-0.2, -0.15) is 0 Å². The van der Waals surface area contributed by atoms with Gasteiger partial charge in [-0.25, -0.2) is 0 Å². The molecule has 0 unspecified atom stereocenters. The van der Waals surface area contributed by atoms with Crippen molar-refractivity contribution in [3.05, 3.63) is 59.1 Å². The van der Waals surface area contributed by atoms with Crippen molar-refractivity contribution in [3.63, 3.8) is 0 Å². The largest absolute Gasteiger partial charge is 0.468 e. The van der Waals surface area contributed by atoms with Crippen molar-refractivity contribution < 1.29 is 19.1 Å². The summed E-state index contributed by atoms with van der Waals surface area (Å²) < 4.78 is 4.47. The number of nitrogens with one attached hydrogen (secondary N) is 2. The zero-order chi connectivity index (χ0) is 19.6. The summed E-state index contributed by atoms with van der Waals surface area (Å²) in [5, 5.41) is 5.88. The minimum absolute atomic E-state index is 0.149. The van der Waals surface area contributed by atoms with E-state index in [-0.39, 0.29) is 12.5 Å². The van der Waals surface area contributed by atoms with Crippen molar-refractivity contribution in [2.24, 2.45) is 0 Å². The van der Waals surface area contributed by atoms with Gasteiger partial charge in [-0.05, 0) is 42.5 Å². The van der Waals surface area contributed by atoms with E-state index in [4.69, 9.17) is 11.6 Å². The van der Waals surface area contributed by atoms with E-state index in [1.54, 1.807) is 48.2 Å². The van der Waals surface area contributed by atoms with Gasteiger partial charge in [0.1, 0.15) is 6.54 Å². The van der Waals surface area contributed by atoms with Gasteiger partial charge in [0.05, 0.1) is 7.11 Å². The first-order chi connectivity index (χ1) is 13.0. The van der Waals surface area contributed by atoms with Gasteiger partial charge in [0.25, 0.3) is 5.91 Å². The van der Waals surface area contributed by atoms with Crippen LogP contribution in [0.25, 0.3) is 0 Å². The van der Waals surface area contributed by atoms with E-state index in [9.17, 15) is 14.4 Å². The molecule has 0 bridgehead atoms. The maximum Gasteiger partial charge on any atom is 0.325 e. The fourth-order valence-corrected chi connectivity index (χ4v) is 3.06. The number of ether oxygens (including phenoxy) is 1. The standard InChI is InChI=1S/C19H19ClN2O4S/c1-26-18(24)12-21-19(25)13-3-2-4-15(11-13)22-17(23)9-10-27-16-7-5-14(20)6-8-16/h2-8,11H,9-10,12H2,1H3,(H,21,25)(H,22,23). The molecule has 2 aromatic carbocycles. The predicted molar refractivity (Wildman–Crippen MR) is 106 cm³/mol. The topological polar surface area (TPSA) is 84.5 Å². The van der Waals surface area contributed by atoms with E-state index in [1.807, 2.05) is 12.1 Å². The number of carbonyl (C=O) groups excluding carboxylic acids is 3. The number of benzene rings is 2. The van der Waals surface area contributed by atoms with Gasteiger partial charge in [0.2, 0.25) is 5.91 Å². The molecule has 0 aliphatic rings. The van der Waals surface area contributed by atoms with Gasteiger partial charge in [-0.1, -0.05) is 17.7 Å². The molecule has 2 N–H and O–H groups in total. The van der Waals surface area contributed by atoms with Crippen molar-refractivity contribution in [1.29, 1.82) is 0 Å². The first-order valence-corrected chi connectivity index (χ1v) is 9.47. The minimum atomic E-state index is -0.536. The number of rotatable bonds is 8. The van der Waals surface area contributed by atoms with Gasteiger partial charge in [0.15, 0.2) is 0 Å². The second kappa shape index (κ2) is 10.6. The Morgan fingerprint density at radius 1 is 1.11 bits per heavy atom. The Hall–Kier alpha value is -2.51. The number of carbonyl (C=O) groups is 3. The normalized spacial score (nSPS) is 10.1. The molecule has 2 amide bonds. The highest BCUT2D eigenvalue weighted by molar-refractivity contribution is 7.99. The summed E-state index contributed by atoms with van der Waals surface area (Å²) in [6.45, 7) is -0.214. The maximum absolute atomic E-state index is 12.1. The molecule has 0 spiro atoms. The molecule has 0 aliphatic carbocycles. The Morgan fingerprint density at radius 3 is 2.56 bits per heavy atom. The van der Waals surface area contributed by atoms with E-state index in [0.29, 0.717) is 28.4 Å². The van der Waals surface area contributed by atoms with Gasteiger partial charge in [-0.15, -0.1) is 11.8 Å². The average molecular weight is 407 g/mol. The molecule has 6 nitrogen and oxygen atoms in total. The number of hydrogen-bond acceptors (Lipinski definition) is 5. The van der Waals surface area contributed by atoms with Crippen LogP contribution in [0.15, 0.2) is 53.4 Å². The monoisotopic (exact) mass is 406 g/mol. The zero-order valence-corrected chi connectivity index (χ0v) is 16.2. The second-order valence-corrected chi connectivity index (χ2v) is 7.04. The van der Waals surface area contributed by atoms with E-state index >= 15 is 0 Å². The summed E-state index contributed by atoms with van der Waals surface area (Å²) in [5.41, 5.74) is 0.856. The van der Waals surface area contributed by atoms with Crippen LogP contribution >= 0.6 is 23.4 Å². The van der Waals surface area contributed by atoms with Gasteiger partial charge in [0, 0.05) is 33.3 Å². The molecule has 0 radical (unpaired) electrons. The van der Waals surface area contributed by atoms with E-state index in [2.05, 4.69) is 15.4 Å². The van der Waals surface area contributed by atoms with E-state index in [0.717, 1.165) is 4.90 Å². The number of esters is 1. The van der Waals surface area contributed by atoms with Gasteiger partial charge < -0.3 is 15.4 Å². The SMILES string of the molecule is COC(=O)CNC(=O)c1cccc(NC(=O)CCSc2ccc(Cl)cc2)c1. The number of methoxy groups -OCH3 is 1. The number of thioether (sulfide) groups is 1. The minimum Gasteiger partial charge on any atom is -0.468 e. The van der Waals surface area contributed by atoms with Crippen molar-refractivity contribution in [1.82, 2.24) is 5.32 Å². The number of amides is 2. The van der Waals surface area contributed by atoms with Crippen LogP contribution in [0, 0.1) is 0 Å². The molecule has 0 heterocycles. The summed E-state index contributed by atoms with van der Waals surface area (Å²) in [4.78, 5) is 36.2. The van der Waals surface area contributed by atoms with Crippen molar-refractivity contribution in [3.8, 4) is 0 Å². The second-order valence-electron chi connectivity index (χ2n) is 5.44. The molecule has 0 saturated carbocycles. The summed E-state index contributed by atoms with van der Waals surface area (Å²) in [6, 6.07) is 13.9. The fraction of sp³-hybridized carbons (Fsp3) is 0.211. The highest BCUT2D eigenvalue weighted by atomic mass is 35.5. The zero-order valence-electron chi connectivity index (χ0n) is 14.7. The molecule has 2 aromatic rings. The molecule has 8 heteroatoms. The third-order valence-electron chi connectivity index (χ3n) is 3.44. The van der Waals surface area contributed by atoms with Crippen LogP contribution < -0.4 is 10.6 Å². The smallest absolute Gasteiger partial charge is 0.325 e. The Labute approximate surface area is 166 Å². The lowest BCUT2D eigenvalue weighted by Gasteiger charge is -2.08. The van der Waals surface area contributed by atoms with Crippen LogP contribution in [0.2, 0.25) is 5.02 Å². The van der Waals surface area contributed by atoms with Crippen LogP contribution in [0.5, 0.6) is 0 Å². The molecule has 142 valence electrons. The summed E-state index contributed by atoms with van der Waals surface area (Å²) >= 11 is 7.40. The lowest BCUT2D eigenvalue weighted by atomic mass is 10.2. The van der Waals surface area contributed by atoms with Crippen LogP contribution in [-0.2, 0) is 14.3 Å². The Bertz CT molecular complexity index is 812. The highest BCUT2D eigenvalue weighted by Crippen LogP contribution is 2.21. The Morgan fingerprint density at radius 2 is 1.85 bits per heavy atom. The van der Waals surface area contributed by atoms with Crippen molar-refractivity contribution in [2.45, 2.75) is 11.3 Å². The van der Waals surface area contributed by atoms with Crippen LogP contribution in [0.4, 0.5) is 5.69 Å². The fourth-order valence-electron chi connectivity index (χ4n) is 2.08. The summed E-state index contributed by atoms with van der Waals surface area (Å²) in [5.74, 6) is -0.489. The van der Waals surface area contributed by atoms with Crippen molar-refractivity contribution >= 4 is 46.8 Å². The Kier molecular flexibility index (Phi) is 8.16. The molecule has 27 heavy (non-hydrogen) atoms. The Balaban J connectivity index is 1.82. The average Bonchev–Trinajstić information content (AvgIpc) is 2.67. The first kappa shape index (κ1) is 20.8. The van der Waals surface area contributed by atoms with Crippen molar-refractivity contribution in [2.75, 3.05) is 24.7 Å². The molecule has 2 rings (SSSR count). The third-order valence-corrected chi connectivity index (χ3v) is 4.71. The summed E-state index contributed by atoms with van der Waals surface area (Å²) in [6.07, 6.45) is 0.325. The summed E-state index contributed by atoms with van der Waals surface area (Å²) in [7, 11) is 1.25. The van der Waals surface area contributed by atoms with E-state index < -0.39 is 11.9 Å². The molecule has 0 aliphatic heterocycles. The van der Waals surface area contributed by atoms with Crippen LogP contribution in [0.3, 0.4) is 0 Å². The quantitative estimate of drug-likeness (QED) is 0.518. The lowest BCUT2D eigenvalue weighted by Crippen LogP contribution is -2.30. The molecule has 0 atom stereocenters. The maximum atomic E-state index is 12.1. The van der Waals surface area contributed by atoms with Gasteiger partial charge in [-0.3, -0.25) is 14.4 Å². The van der Waals surface area contributed by atoms with Crippen LogP contribution in [0.1, 0.15) is 16.8 Å². The number of anilines is 1. The predicted octanol–water partition coefficient (Wildman–Crippen LogP) is 3.36. The molecular weight excluding hydrogens is 388 g/mol. The highest BCUT2D eigenvalue weighted by Gasteiger charge is 2.10. The lowest BCUT2D eigenvalue weighted by molar-refractivity contribution is -0.139.